The molecule has 1 amide bonds. The van der Waals surface area contributed by atoms with Crippen molar-refractivity contribution in [1.29, 1.82) is 0 Å². The van der Waals surface area contributed by atoms with Gasteiger partial charge in [0, 0.05) is 24.8 Å². The molecule has 1 atom stereocenters. The molecule has 0 aliphatic carbocycles. The molecular formula is C22H28F3N3O3S. The van der Waals surface area contributed by atoms with Gasteiger partial charge in [-0.25, -0.2) is 8.42 Å². The van der Waals surface area contributed by atoms with Crippen molar-refractivity contribution < 1.29 is 26.4 Å². The van der Waals surface area contributed by atoms with Crippen LogP contribution in [0, 0.1) is 6.92 Å². The number of hydrogen-bond donors (Lipinski definition) is 2. The topological polar surface area (TPSA) is 78.5 Å². The summed E-state index contributed by atoms with van der Waals surface area (Å²) < 4.78 is 65.5. The molecule has 2 N–H and O–H groups in total. The summed E-state index contributed by atoms with van der Waals surface area (Å²) in [5.41, 5.74) is 0.686. The van der Waals surface area contributed by atoms with Crippen LogP contribution in [-0.2, 0) is 21.0 Å². The first kappa shape index (κ1) is 25.8. The number of halogens is 3. The minimum Gasteiger partial charge on any atom is -0.325 e. The average Bonchev–Trinajstić information content (AvgIpc) is 2.73. The van der Waals surface area contributed by atoms with Crippen molar-refractivity contribution in [2.24, 2.45) is 0 Å². The molecule has 2 aromatic rings. The quantitative estimate of drug-likeness (QED) is 0.571. The fourth-order valence-electron chi connectivity index (χ4n) is 3.15. The molecule has 32 heavy (non-hydrogen) atoms. The normalized spacial score (nSPS) is 13.2. The number of benzene rings is 2. The number of aryl methyl sites for hydroxylation is 1. The molecule has 0 aromatic heterocycles. The standard InChI is InChI=1S/C22H28F3N3O3S/c1-5-28(6-2)32(30,31)19-11-10-15(3)20(13-19)27-21(29)14-26-16(4)17-8-7-9-18(12-17)22(23,24)25/h7-13,16,26H,5-6,14H2,1-4H3,(H,27,29)/t16-/m1/s1. The van der Waals surface area contributed by atoms with Gasteiger partial charge in [-0.1, -0.05) is 32.0 Å². The molecule has 2 rings (SSSR count). The maximum Gasteiger partial charge on any atom is 0.416 e. The van der Waals surface area contributed by atoms with E-state index in [1.807, 2.05) is 0 Å². The summed E-state index contributed by atoms with van der Waals surface area (Å²) in [6.45, 7) is 7.37. The smallest absolute Gasteiger partial charge is 0.325 e. The van der Waals surface area contributed by atoms with Gasteiger partial charge in [-0.05, 0) is 49.2 Å². The van der Waals surface area contributed by atoms with Crippen LogP contribution in [-0.4, -0.2) is 38.3 Å². The third-order valence-corrected chi connectivity index (χ3v) is 7.15. The molecule has 6 nitrogen and oxygen atoms in total. The number of anilines is 1. The summed E-state index contributed by atoms with van der Waals surface area (Å²) in [6, 6.07) is 8.93. The van der Waals surface area contributed by atoms with Crippen LogP contribution < -0.4 is 10.6 Å². The molecule has 176 valence electrons. The van der Waals surface area contributed by atoms with E-state index in [9.17, 15) is 26.4 Å². The summed E-state index contributed by atoms with van der Waals surface area (Å²) >= 11 is 0. The van der Waals surface area contributed by atoms with Crippen molar-refractivity contribution >= 4 is 21.6 Å². The van der Waals surface area contributed by atoms with E-state index >= 15 is 0 Å². The van der Waals surface area contributed by atoms with E-state index < -0.39 is 33.7 Å². The highest BCUT2D eigenvalue weighted by atomic mass is 32.2. The molecule has 0 aliphatic heterocycles. The first-order valence-electron chi connectivity index (χ1n) is 10.2. The van der Waals surface area contributed by atoms with Crippen LogP contribution in [0.4, 0.5) is 18.9 Å². The third-order valence-electron chi connectivity index (χ3n) is 5.11. The van der Waals surface area contributed by atoms with Crippen LogP contribution in [0.15, 0.2) is 47.4 Å². The van der Waals surface area contributed by atoms with E-state index in [2.05, 4.69) is 10.6 Å². The Labute approximate surface area is 186 Å². The van der Waals surface area contributed by atoms with Gasteiger partial charge in [0.15, 0.2) is 0 Å². The molecule has 2 aromatic carbocycles. The SMILES string of the molecule is CCN(CC)S(=O)(=O)c1ccc(C)c(NC(=O)CN[C@H](C)c2cccc(C(F)(F)F)c2)c1. The van der Waals surface area contributed by atoms with Crippen LogP contribution in [0.3, 0.4) is 0 Å². The van der Waals surface area contributed by atoms with Gasteiger partial charge >= 0.3 is 6.18 Å². The summed E-state index contributed by atoms with van der Waals surface area (Å²) in [6.07, 6.45) is -4.44. The van der Waals surface area contributed by atoms with Crippen molar-refractivity contribution in [3.8, 4) is 0 Å². The zero-order valence-electron chi connectivity index (χ0n) is 18.5. The van der Waals surface area contributed by atoms with Gasteiger partial charge in [-0.2, -0.15) is 17.5 Å². The van der Waals surface area contributed by atoms with Gasteiger partial charge in [0.1, 0.15) is 0 Å². The first-order valence-corrected chi connectivity index (χ1v) is 11.6. The number of nitrogens with one attached hydrogen (secondary N) is 2. The van der Waals surface area contributed by atoms with Crippen molar-refractivity contribution in [3.05, 3.63) is 59.2 Å². The lowest BCUT2D eigenvalue weighted by molar-refractivity contribution is -0.137. The van der Waals surface area contributed by atoms with Crippen molar-refractivity contribution in [2.75, 3.05) is 25.0 Å². The summed E-state index contributed by atoms with van der Waals surface area (Å²) in [5.74, 6) is -0.440. The van der Waals surface area contributed by atoms with Crippen LogP contribution >= 0.6 is 0 Å². The highest BCUT2D eigenvalue weighted by molar-refractivity contribution is 7.89. The Morgan fingerprint density at radius 3 is 2.34 bits per heavy atom. The maximum atomic E-state index is 12.9. The number of sulfonamides is 1. The predicted octanol–water partition coefficient (Wildman–Crippen LogP) is 4.33. The Morgan fingerprint density at radius 2 is 1.75 bits per heavy atom. The molecule has 0 saturated carbocycles. The van der Waals surface area contributed by atoms with Crippen LogP contribution in [0.2, 0.25) is 0 Å². The minimum absolute atomic E-state index is 0.0763. The van der Waals surface area contributed by atoms with Crippen LogP contribution in [0.1, 0.15) is 43.5 Å². The number of rotatable bonds is 9. The number of carbonyl (C=O) groups is 1. The molecule has 10 heteroatoms. The molecular weight excluding hydrogens is 443 g/mol. The minimum atomic E-state index is -4.44. The molecule has 0 fully saturated rings. The van der Waals surface area contributed by atoms with E-state index in [1.165, 1.54) is 22.5 Å². The van der Waals surface area contributed by atoms with Gasteiger partial charge in [0.25, 0.3) is 0 Å². The highest BCUT2D eigenvalue weighted by Gasteiger charge is 2.30. The number of hydrogen-bond acceptors (Lipinski definition) is 4. The zero-order valence-corrected chi connectivity index (χ0v) is 19.3. The molecule has 0 heterocycles. The Bertz CT molecular complexity index is 1050. The average molecular weight is 472 g/mol. The van der Waals surface area contributed by atoms with Gasteiger partial charge in [-0.15, -0.1) is 0 Å². The molecule has 0 aliphatic rings. The van der Waals surface area contributed by atoms with Crippen molar-refractivity contribution in [2.45, 2.75) is 44.8 Å². The van der Waals surface area contributed by atoms with E-state index in [0.29, 0.717) is 29.9 Å². The molecule has 0 radical (unpaired) electrons. The van der Waals surface area contributed by atoms with Crippen LogP contribution in [0.5, 0.6) is 0 Å². The van der Waals surface area contributed by atoms with Crippen molar-refractivity contribution in [1.82, 2.24) is 9.62 Å². The summed E-state index contributed by atoms with van der Waals surface area (Å²) in [5, 5.41) is 5.57. The number of carbonyl (C=O) groups excluding carboxylic acids is 1. The predicted molar refractivity (Wildman–Crippen MR) is 118 cm³/mol. The largest absolute Gasteiger partial charge is 0.416 e. The summed E-state index contributed by atoms with van der Waals surface area (Å²) in [7, 11) is -3.68. The second-order valence-electron chi connectivity index (χ2n) is 7.34. The van der Waals surface area contributed by atoms with Crippen LogP contribution in [0.25, 0.3) is 0 Å². The van der Waals surface area contributed by atoms with Gasteiger partial charge in [0.2, 0.25) is 15.9 Å². The Hall–Kier alpha value is -2.43. The second kappa shape index (κ2) is 10.5. The Balaban J connectivity index is 2.09. The molecule has 0 spiro atoms. The maximum absolute atomic E-state index is 12.9. The lowest BCUT2D eigenvalue weighted by Crippen LogP contribution is -2.31. The number of alkyl halides is 3. The second-order valence-corrected chi connectivity index (χ2v) is 9.28. The molecule has 0 bridgehead atoms. The van der Waals surface area contributed by atoms with E-state index in [1.54, 1.807) is 39.8 Å². The number of amides is 1. The Morgan fingerprint density at radius 1 is 1.09 bits per heavy atom. The fourth-order valence-corrected chi connectivity index (χ4v) is 4.64. The monoisotopic (exact) mass is 471 g/mol. The first-order chi connectivity index (χ1) is 14.9. The molecule has 0 saturated heterocycles. The summed E-state index contributed by atoms with van der Waals surface area (Å²) in [4.78, 5) is 12.5. The van der Waals surface area contributed by atoms with Gasteiger partial charge in [-0.3, -0.25) is 4.79 Å². The van der Waals surface area contributed by atoms with E-state index in [-0.39, 0.29) is 11.4 Å². The lowest BCUT2D eigenvalue weighted by Gasteiger charge is -2.20. The lowest BCUT2D eigenvalue weighted by atomic mass is 10.0. The zero-order chi connectivity index (χ0) is 24.1. The highest BCUT2D eigenvalue weighted by Crippen LogP contribution is 2.30. The Kier molecular flexibility index (Phi) is 8.44. The van der Waals surface area contributed by atoms with E-state index in [0.717, 1.165) is 12.1 Å². The third kappa shape index (κ3) is 6.30. The van der Waals surface area contributed by atoms with Crippen molar-refractivity contribution in [3.63, 3.8) is 0 Å². The fraction of sp³-hybridized carbons (Fsp3) is 0.409. The van der Waals surface area contributed by atoms with E-state index in [4.69, 9.17) is 0 Å². The van der Waals surface area contributed by atoms with Gasteiger partial charge in [0.05, 0.1) is 17.0 Å². The number of nitrogens with zero attached hydrogens (tertiary/aromatic N) is 1. The molecule has 0 unspecified atom stereocenters. The van der Waals surface area contributed by atoms with Gasteiger partial charge < -0.3 is 10.6 Å².